The van der Waals surface area contributed by atoms with Crippen molar-refractivity contribution in [2.75, 3.05) is 0 Å². The lowest BCUT2D eigenvalue weighted by Crippen LogP contribution is -2.16. The van der Waals surface area contributed by atoms with Crippen molar-refractivity contribution in [2.45, 2.75) is 89.0 Å². The minimum atomic E-state index is 0.491. The van der Waals surface area contributed by atoms with Crippen molar-refractivity contribution >= 4 is 0 Å². The maximum absolute atomic E-state index is 2.37. The number of rotatable bonds is 2. The molecule has 0 fully saturated rings. The molecule has 0 aliphatic rings. The normalized spacial score (nSPS) is 11.2. The van der Waals surface area contributed by atoms with Crippen molar-refractivity contribution in [1.29, 1.82) is 0 Å². The van der Waals surface area contributed by atoms with Crippen LogP contribution in [0, 0.1) is 16.7 Å². The van der Waals surface area contributed by atoms with Gasteiger partial charge in [-0.2, -0.15) is 0 Å². The molecule has 0 nitrogen and oxygen atoms in total. The van der Waals surface area contributed by atoms with Crippen LogP contribution in [0.15, 0.2) is 0 Å². The zero-order chi connectivity index (χ0) is 14.0. The van der Waals surface area contributed by atoms with Gasteiger partial charge in [0.15, 0.2) is 0 Å². The smallest absolute Gasteiger partial charge is 0.0380 e. The first kappa shape index (κ1) is 21.3. The Labute approximate surface area is 106 Å². The highest BCUT2D eigenvalue weighted by Crippen LogP contribution is 2.32. The standard InChI is InChI=1S/C12H26.2C2H6/c1-10(8-11(2,3)4)9-12(5,6)7;2*1-2/h10H,8-9H2,1-7H3;2*1-2H3. The summed E-state index contributed by atoms with van der Waals surface area (Å²) in [7, 11) is 0. The summed E-state index contributed by atoms with van der Waals surface area (Å²) in [5, 5.41) is 0. The quantitative estimate of drug-likeness (QED) is 0.505. The van der Waals surface area contributed by atoms with Crippen molar-refractivity contribution < 1.29 is 0 Å². The first-order valence-corrected chi connectivity index (χ1v) is 7.10. The van der Waals surface area contributed by atoms with E-state index in [0.717, 1.165) is 5.92 Å². The summed E-state index contributed by atoms with van der Waals surface area (Å²) >= 11 is 0. The van der Waals surface area contributed by atoms with Crippen LogP contribution in [-0.4, -0.2) is 0 Å². The molecule has 102 valence electrons. The molecule has 0 aromatic carbocycles. The van der Waals surface area contributed by atoms with Gasteiger partial charge in [0.05, 0.1) is 0 Å². The van der Waals surface area contributed by atoms with E-state index in [9.17, 15) is 0 Å². The summed E-state index contributed by atoms with van der Waals surface area (Å²) in [5.41, 5.74) is 0.981. The Hall–Kier alpha value is 0. The molecule has 0 amide bonds. The topological polar surface area (TPSA) is 0 Å². The van der Waals surface area contributed by atoms with Gasteiger partial charge in [-0.3, -0.25) is 0 Å². The second kappa shape index (κ2) is 10.2. The molecule has 0 aliphatic carbocycles. The summed E-state index contributed by atoms with van der Waals surface area (Å²) < 4.78 is 0. The molecule has 0 rings (SSSR count). The van der Waals surface area contributed by atoms with E-state index in [-0.39, 0.29) is 0 Å². The second-order valence-corrected chi connectivity index (χ2v) is 6.63. The Morgan fingerprint density at radius 3 is 0.938 bits per heavy atom. The number of hydrogen-bond acceptors (Lipinski definition) is 0. The summed E-state index contributed by atoms with van der Waals surface area (Å²) in [6, 6.07) is 0. The van der Waals surface area contributed by atoms with Crippen LogP contribution >= 0.6 is 0 Å². The zero-order valence-electron chi connectivity index (χ0n) is 14.0. The Kier molecular flexibility index (Phi) is 13.5. The molecule has 0 aliphatic heterocycles. The Bertz CT molecular complexity index is 104. The summed E-state index contributed by atoms with van der Waals surface area (Å²) in [6.07, 6.45) is 2.68. The van der Waals surface area contributed by atoms with Gasteiger partial charge in [0.2, 0.25) is 0 Å². The molecule has 0 bridgehead atoms. The van der Waals surface area contributed by atoms with E-state index in [2.05, 4.69) is 48.5 Å². The van der Waals surface area contributed by atoms with Crippen LogP contribution in [0.2, 0.25) is 0 Å². The monoisotopic (exact) mass is 230 g/mol. The lowest BCUT2D eigenvalue weighted by Gasteiger charge is -2.28. The molecule has 0 N–H and O–H groups in total. The third-order valence-corrected chi connectivity index (χ3v) is 1.92. The minimum absolute atomic E-state index is 0.491. The molecule has 0 aromatic heterocycles. The van der Waals surface area contributed by atoms with E-state index in [0.29, 0.717) is 10.8 Å². The third kappa shape index (κ3) is 23.7. The van der Waals surface area contributed by atoms with E-state index >= 15 is 0 Å². The molecular weight excluding hydrogens is 192 g/mol. The molecule has 0 radical (unpaired) electrons. The van der Waals surface area contributed by atoms with E-state index in [1.54, 1.807) is 0 Å². The third-order valence-electron chi connectivity index (χ3n) is 1.92. The average molecular weight is 230 g/mol. The van der Waals surface area contributed by atoms with Crippen LogP contribution in [-0.2, 0) is 0 Å². The fraction of sp³-hybridized carbons (Fsp3) is 1.00. The molecule has 0 atom stereocenters. The lowest BCUT2D eigenvalue weighted by molar-refractivity contribution is 0.233. The van der Waals surface area contributed by atoms with Gasteiger partial charge in [0, 0.05) is 0 Å². The molecule has 0 spiro atoms. The van der Waals surface area contributed by atoms with Crippen LogP contribution in [0.1, 0.15) is 89.0 Å². The largest absolute Gasteiger partial charge is 0.0683 e. The first-order chi connectivity index (χ1) is 7.10. The molecular formula is C16H38. The van der Waals surface area contributed by atoms with Crippen LogP contribution in [0.4, 0.5) is 0 Å². The Balaban J connectivity index is -0.000000376. The maximum atomic E-state index is 2.37. The molecule has 0 heterocycles. The zero-order valence-corrected chi connectivity index (χ0v) is 14.0. The van der Waals surface area contributed by atoms with Crippen LogP contribution in [0.3, 0.4) is 0 Å². The van der Waals surface area contributed by atoms with Gasteiger partial charge in [0.25, 0.3) is 0 Å². The van der Waals surface area contributed by atoms with Crippen molar-refractivity contribution in [3.8, 4) is 0 Å². The van der Waals surface area contributed by atoms with Gasteiger partial charge in [-0.15, -0.1) is 0 Å². The predicted octanol–water partition coefficient (Wildman–Crippen LogP) is 6.55. The van der Waals surface area contributed by atoms with Crippen molar-refractivity contribution in [3.05, 3.63) is 0 Å². The maximum Gasteiger partial charge on any atom is -0.0380 e. The summed E-state index contributed by atoms with van der Waals surface area (Å²) in [6.45, 7) is 24.3. The fourth-order valence-electron chi connectivity index (χ4n) is 2.16. The van der Waals surface area contributed by atoms with Crippen LogP contribution in [0.5, 0.6) is 0 Å². The lowest BCUT2D eigenvalue weighted by atomic mass is 9.78. The van der Waals surface area contributed by atoms with Crippen LogP contribution < -0.4 is 0 Å². The molecule has 0 unspecified atom stereocenters. The van der Waals surface area contributed by atoms with Gasteiger partial charge in [-0.25, -0.2) is 0 Å². The average Bonchev–Trinajstić information content (AvgIpc) is 2.04. The molecule has 0 aromatic rings. The van der Waals surface area contributed by atoms with Gasteiger partial charge < -0.3 is 0 Å². The predicted molar refractivity (Wildman–Crippen MR) is 80.0 cm³/mol. The SMILES string of the molecule is CC.CC.CC(CC(C)(C)C)CC(C)(C)C. The summed E-state index contributed by atoms with van der Waals surface area (Å²) in [5.74, 6) is 0.852. The fourth-order valence-corrected chi connectivity index (χ4v) is 2.16. The van der Waals surface area contributed by atoms with Gasteiger partial charge >= 0.3 is 0 Å². The van der Waals surface area contributed by atoms with Crippen LogP contribution in [0.25, 0.3) is 0 Å². The highest BCUT2D eigenvalue weighted by molar-refractivity contribution is 4.71. The highest BCUT2D eigenvalue weighted by atomic mass is 14.3. The van der Waals surface area contributed by atoms with Gasteiger partial charge in [-0.05, 0) is 29.6 Å². The Morgan fingerprint density at radius 2 is 0.812 bits per heavy atom. The molecule has 0 saturated carbocycles. The highest BCUT2D eigenvalue weighted by Gasteiger charge is 2.20. The summed E-state index contributed by atoms with van der Waals surface area (Å²) in [4.78, 5) is 0. The Morgan fingerprint density at radius 1 is 0.625 bits per heavy atom. The van der Waals surface area contributed by atoms with Crippen molar-refractivity contribution in [2.24, 2.45) is 16.7 Å². The van der Waals surface area contributed by atoms with E-state index in [1.165, 1.54) is 12.8 Å². The second-order valence-electron chi connectivity index (χ2n) is 6.63. The van der Waals surface area contributed by atoms with E-state index in [1.807, 2.05) is 27.7 Å². The minimum Gasteiger partial charge on any atom is -0.0683 e. The molecule has 0 saturated heterocycles. The first-order valence-electron chi connectivity index (χ1n) is 7.10. The van der Waals surface area contributed by atoms with Gasteiger partial charge in [0.1, 0.15) is 0 Å². The van der Waals surface area contributed by atoms with E-state index < -0.39 is 0 Å². The molecule has 16 heavy (non-hydrogen) atoms. The van der Waals surface area contributed by atoms with Crippen molar-refractivity contribution in [1.82, 2.24) is 0 Å². The van der Waals surface area contributed by atoms with E-state index in [4.69, 9.17) is 0 Å². The van der Waals surface area contributed by atoms with Gasteiger partial charge in [-0.1, -0.05) is 76.2 Å². The van der Waals surface area contributed by atoms with Crippen molar-refractivity contribution in [3.63, 3.8) is 0 Å². The number of hydrogen-bond donors (Lipinski definition) is 0. The molecule has 0 heteroatoms.